The number of carbonyl (C=O) groups is 2. The van der Waals surface area contributed by atoms with Crippen molar-refractivity contribution in [1.29, 1.82) is 0 Å². The molecular weight excluding hydrogens is 398 g/mol. The van der Waals surface area contributed by atoms with Crippen molar-refractivity contribution < 1.29 is 9.59 Å². The van der Waals surface area contributed by atoms with E-state index < -0.39 is 0 Å². The van der Waals surface area contributed by atoms with Crippen LogP contribution in [-0.4, -0.2) is 47.8 Å². The maximum atomic E-state index is 13.6. The summed E-state index contributed by atoms with van der Waals surface area (Å²) >= 11 is 0. The number of nitrogens with zero attached hydrogens (tertiary/aromatic N) is 2. The van der Waals surface area contributed by atoms with Gasteiger partial charge in [0.05, 0.1) is 12.6 Å². The van der Waals surface area contributed by atoms with Crippen molar-refractivity contribution in [1.82, 2.24) is 15.1 Å². The quantitative estimate of drug-likeness (QED) is 0.748. The number of piperidine rings is 1. The van der Waals surface area contributed by atoms with Crippen LogP contribution in [0.1, 0.15) is 67.4 Å². The monoisotopic (exact) mass is 433 g/mol. The standard InChI is InChI=1S/C27H35N3O2/c1-3-21-11-13-22(14-12-21)20(2)28-25(31)19-30-18-15-23-9-5-6-10-24(23)26(30)27(32)29-16-7-4-8-17-29/h5-6,9-14,20,26H,3-4,7-8,15-19H2,1-2H3,(H,28,31)/t20-,26-/m1/s1. The Morgan fingerprint density at radius 1 is 1.00 bits per heavy atom. The van der Waals surface area contributed by atoms with Gasteiger partial charge < -0.3 is 10.2 Å². The number of hydrogen-bond acceptors (Lipinski definition) is 3. The van der Waals surface area contributed by atoms with Gasteiger partial charge >= 0.3 is 0 Å². The molecule has 2 atom stereocenters. The fraction of sp³-hybridized carbons (Fsp3) is 0.481. The van der Waals surface area contributed by atoms with E-state index in [1.807, 2.05) is 24.0 Å². The highest BCUT2D eigenvalue weighted by atomic mass is 16.2. The number of likely N-dealkylation sites (tertiary alicyclic amines) is 1. The van der Waals surface area contributed by atoms with Crippen LogP contribution in [0.15, 0.2) is 48.5 Å². The maximum absolute atomic E-state index is 13.6. The Morgan fingerprint density at radius 2 is 1.72 bits per heavy atom. The van der Waals surface area contributed by atoms with E-state index in [1.165, 1.54) is 17.5 Å². The van der Waals surface area contributed by atoms with Crippen LogP contribution in [0.2, 0.25) is 0 Å². The molecule has 2 aromatic rings. The summed E-state index contributed by atoms with van der Waals surface area (Å²) in [6, 6.07) is 16.2. The van der Waals surface area contributed by atoms with Crippen LogP contribution in [0.3, 0.4) is 0 Å². The molecule has 5 nitrogen and oxygen atoms in total. The minimum absolute atomic E-state index is 0.0344. The number of rotatable bonds is 6. The molecule has 0 aliphatic carbocycles. The molecule has 170 valence electrons. The minimum atomic E-state index is -0.372. The molecule has 1 N–H and O–H groups in total. The van der Waals surface area contributed by atoms with E-state index in [0.29, 0.717) is 6.54 Å². The lowest BCUT2D eigenvalue weighted by molar-refractivity contribution is -0.139. The zero-order chi connectivity index (χ0) is 22.5. The van der Waals surface area contributed by atoms with Crippen LogP contribution >= 0.6 is 0 Å². The van der Waals surface area contributed by atoms with Gasteiger partial charge in [-0.3, -0.25) is 14.5 Å². The molecule has 0 saturated carbocycles. The van der Waals surface area contributed by atoms with Crippen LogP contribution in [-0.2, 0) is 22.4 Å². The second-order valence-electron chi connectivity index (χ2n) is 9.09. The summed E-state index contributed by atoms with van der Waals surface area (Å²) in [5.74, 6) is 0.112. The number of fused-ring (bicyclic) bond motifs is 1. The van der Waals surface area contributed by atoms with E-state index in [0.717, 1.165) is 49.9 Å². The lowest BCUT2D eigenvalue weighted by atomic mass is 9.91. The third-order valence-corrected chi connectivity index (χ3v) is 6.90. The van der Waals surface area contributed by atoms with E-state index in [4.69, 9.17) is 0 Å². The molecule has 0 spiro atoms. The van der Waals surface area contributed by atoms with Crippen LogP contribution in [0, 0.1) is 0 Å². The Morgan fingerprint density at radius 3 is 2.44 bits per heavy atom. The highest BCUT2D eigenvalue weighted by Gasteiger charge is 2.36. The summed E-state index contributed by atoms with van der Waals surface area (Å²) in [7, 11) is 0. The maximum Gasteiger partial charge on any atom is 0.244 e. The van der Waals surface area contributed by atoms with E-state index in [2.05, 4.69) is 53.5 Å². The summed E-state index contributed by atoms with van der Waals surface area (Å²) in [5.41, 5.74) is 4.67. The molecule has 1 saturated heterocycles. The van der Waals surface area contributed by atoms with Gasteiger partial charge in [-0.25, -0.2) is 0 Å². The number of benzene rings is 2. The third-order valence-electron chi connectivity index (χ3n) is 6.90. The first-order chi connectivity index (χ1) is 15.6. The Bertz CT molecular complexity index is 934. The highest BCUT2D eigenvalue weighted by molar-refractivity contribution is 5.86. The number of carbonyl (C=O) groups excluding carboxylic acids is 2. The van der Waals surface area contributed by atoms with Crippen LogP contribution in [0.4, 0.5) is 0 Å². The molecule has 0 aromatic heterocycles. The van der Waals surface area contributed by atoms with Crippen molar-refractivity contribution in [3.8, 4) is 0 Å². The van der Waals surface area contributed by atoms with Gasteiger partial charge in [-0.05, 0) is 61.3 Å². The fourth-order valence-electron chi connectivity index (χ4n) is 4.96. The second kappa shape index (κ2) is 10.3. The summed E-state index contributed by atoms with van der Waals surface area (Å²) in [4.78, 5) is 30.6. The largest absolute Gasteiger partial charge is 0.348 e. The summed E-state index contributed by atoms with van der Waals surface area (Å²) < 4.78 is 0. The lowest BCUT2D eigenvalue weighted by Crippen LogP contribution is -2.50. The Hall–Kier alpha value is -2.66. The predicted molar refractivity (Wildman–Crippen MR) is 127 cm³/mol. The SMILES string of the molecule is CCc1ccc([C@@H](C)NC(=O)CN2CCc3ccccc3[C@@H]2C(=O)N2CCCCC2)cc1. The highest BCUT2D eigenvalue weighted by Crippen LogP contribution is 2.32. The lowest BCUT2D eigenvalue weighted by Gasteiger charge is -2.39. The van der Waals surface area contributed by atoms with Crippen LogP contribution in [0.25, 0.3) is 0 Å². The van der Waals surface area contributed by atoms with E-state index in [1.54, 1.807) is 0 Å². The molecule has 0 radical (unpaired) electrons. The van der Waals surface area contributed by atoms with Crippen molar-refractivity contribution >= 4 is 11.8 Å². The fourth-order valence-corrected chi connectivity index (χ4v) is 4.96. The number of aryl methyl sites for hydroxylation is 1. The van der Waals surface area contributed by atoms with Crippen LogP contribution < -0.4 is 5.32 Å². The molecule has 5 heteroatoms. The van der Waals surface area contributed by atoms with Gasteiger partial charge in [-0.1, -0.05) is 55.5 Å². The summed E-state index contributed by atoms with van der Waals surface area (Å²) in [6.45, 7) is 6.74. The number of hydrogen-bond donors (Lipinski definition) is 1. The van der Waals surface area contributed by atoms with Crippen molar-refractivity contribution in [3.05, 3.63) is 70.8 Å². The molecule has 2 amide bonds. The Labute approximate surface area is 191 Å². The number of amides is 2. The first-order valence-corrected chi connectivity index (χ1v) is 12.1. The molecule has 32 heavy (non-hydrogen) atoms. The van der Waals surface area contributed by atoms with Gasteiger partial charge in [0.25, 0.3) is 0 Å². The average Bonchev–Trinajstić information content (AvgIpc) is 2.84. The van der Waals surface area contributed by atoms with E-state index in [9.17, 15) is 9.59 Å². The molecule has 2 heterocycles. The molecule has 0 unspecified atom stereocenters. The van der Waals surface area contributed by atoms with Crippen molar-refractivity contribution in [2.75, 3.05) is 26.2 Å². The van der Waals surface area contributed by atoms with Crippen molar-refractivity contribution in [2.45, 2.75) is 58.0 Å². The normalized spacial score (nSPS) is 19.8. The molecule has 1 fully saturated rings. The van der Waals surface area contributed by atoms with E-state index >= 15 is 0 Å². The molecule has 2 aliphatic rings. The van der Waals surface area contributed by atoms with Gasteiger partial charge in [0, 0.05) is 19.6 Å². The van der Waals surface area contributed by atoms with Gasteiger partial charge in [0.15, 0.2) is 0 Å². The van der Waals surface area contributed by atoms with Gasteiger partial charge in [0.1, 0.15) is 6.04 Å². The van der Waals surface area contributed by atoms with Gasteiger partial charge in [-0.2, -0.15) is 0 Å². The topological polar surface area (TPSA) is 52.7 Å². The van der Waals surface area contributed by atoms with E-state index in [-0.39, 0.29) is 30.4 Å². The van der Waals surface area contributed by atoms with Crippen molar-refractivity contribution in [2.24, 2.45) is 0 Å². The molecule has 0 bridgehead atoms. The Kier molecular flexibility index (Phi) is 7.26. The number of nitrogens with one attached hydrogen (secondary N) is 1. The average molecular weight is 434 g/mol. The molecule has 2 aliphatic heterocycles. The minimum Gasteiger partial charge on any atom is -0.348 e. The molecule has 4 rings (SSSR count). The van der Waals surface area contributed by atoms with Crippen molar-refractivity contribution in [3.63, 3.8) is 0 Å². The zero-order valence-corrected chi connectivity index (χ0v) is 19.3. The molecule has 2 aromatic carbocycles. The van der Waals surface area contributed by atoms with Gasteiger partial charge in [0.2, 0.25) is 11.8 Å². The second-order valence-corrected chi connectivity index (χ2v) is 9.09. The smallest absolute Gasteiger partial charge is 0.244 e. The zero-order valence-electron chi connectivity index (χ0n) is 19.3. The predicted octanol–water partition coefficient (Wildman–Crippen LogP) is 4.04. The first-order valence-electron chi connectivity index (χ1n) is 12.1. The van der Waals surface area contributed by atoms with Crippen LogP contribution in [0.5, 0.6) is 0 Å². The third kappa shape index (κ3) is 5.04. The molecular formula is C27H35N3O2. The Balaban J connectivity index is 1.47. The first kappa shape index (κ1) is 22.5. The van der Waals surface area contributed by atoms with Gasteiger partial charge in [-0.15, -0.1) is 0 Å². The summed E-state index contributed by atoms with van der Waals surface area (Å²) in [6.07, 6.45) is 5.18. The summed E-state index contributed by atoms with van der Waals surface area (Å²) in [5, 5.41) is 3.14.